The second-order valence-corrected chi connectivity index (χ2v) is 6.07. The van der Waals surface area contributed by atoms with E-state index in [9.17, 15) is 19.5 Å². The van der Waals surface area contributed by atoms with Crippen molar-refractivity contribution in [2.45, 2.75) is 50.5 Å². The second-order valence-electron chi connectivity index (χ2n) is 6.07. The number of hydrogen-bond acceptors (Lipinski definition) is 3. The molecule has 0 bridgehead atoms. The van der Waals surface area contributed by atoms with E-state index >= 15 is 0 Å². The van der Waals surface area contributed by atoms with Gasteiger partial charge in [0.05, 0.1) is 11.8 Å². The third kappa shape index (κ3) is 1.72. The zero-order chi connectivity index (χ0) is 14.3. The maximum Gasteiger partial charge on any atom is 0.330 e. The maximum atomic E-state index is 12.6. The van der Waals surface area contributed by atoms with E-state index in [-0.39, 0.29) is 23.7 Å². The Kier molecular flexibility index (Phi) is 3.15. The molecular formula is C15H19NO4. The molecule has 0 radical (unpaired) electrons. The Labute approximate surface area is 117 Å². The summed E-state index contributed by atoms with van der Waals surface area (Å²) in [5, 5.41) is 9.66. The Morgan fingerprint density at radius 3 is 2.00 bits per heavy atom. The van der Waals surface area contributed by atoms with Crippen LogP contribution in [0.15, 0.2) is 12.2 Å². The SMILES string of the molecule is O=C1[C@H]2CC=CC[C@H]2C(=O)N1C1(C(=O)O)CCCCC1. The van der Waals surface area contributed by atoms with Gasteiger partial charge in [0.25, 0.3) is 0 Å². The van der Waals surface area contributed by atoms with Crippen molar-refractivity contribution in [2.75, 3.05) is 0 Å². The van der Waals surface area contributed by atoms with Crippen molar-refractivity contribution in [1.29, 1.82) is 0 Å². The van der Waals surface area contributed by atoms with Crippen LogP contribution < -0.4 is 0 Å². The highest BCUT2D eigenvalue weighted by atomic mass is 16.4. The number of carbonyl (C=O) groups is 3. The van der Waals surface area contributed by atoms with Crippen molar-refractivity contribution < 1.29 is 19.5 Å². The van der Waals surface area contributed by atoms with Crippen LogP contribution in [0.2, 0.25) is 0 Å². The number of hydrogen-bond donors (Lipinski definition) is 1. The number of nitrogens with zero attached hydrogens (tertiary/aromatic N) is 1. The lowest BCUT2D eigenvalue weighted by atomic mass is 9.80. The Balaban J connectivity index is 1.98. The highest BCUT2D eigenvalue weighted by Gasteiger charge is 2.58. The van der Waals surface area contributed by atoms with Crippen LogP contribution in [0.1, 0.15) is 44.9 Å². The Morgan fingerprint density at radius 1 is 1.05 bits per heavy atom. The molecule has 2 atom stereocenters. The van der Waals surface area contributed by atoms with Crippen LogP contribution in [0, 0.1) is 11.8 Å². The summed E-state index contributed by atoms with van der Waals surface area (Å²) >= 11 is 0. The van der Waals surface area contributed by atoms with E-state index in [4.69, 9.17) is 0 Å². The van der Waals surface area contributed by atoms with Gasteiger partial charge in [-0.15, -0.1) is 0 Å². The number of likely N-dealkylation sites (tertiary alicyclic amines) is 1. The molecule has 1 N–H and O–H groups in total. The number of carboxylic acids is 1. The molecule has 1 heterocycles. The van der Waals surface area contributed by atoms with E-state index in [1.54, 1.807) is 0 Å². The molecule has 5 heteroatoms. The summed E-state index contributed by atoms with van der Waals surface area (Å²) in [5.74, 6) is -2.25. The average Bonchev–Trinajstić information content (AvgIpc) is 2.72. The van der Waals surface area contributed by atoms with Crippen molar-refractivity contribution in [1.82, 2.24) is 4.90 Å². The highest BCUT2D eigenvalue weighted by molar-refractivity contribution is 6.09. The number of fused-ring (bicyclic) bond motifs is 1. The predicted molar refractivity (Wildman–Crippen MR) is 70.7 cm³/mol. The van der Waals surface area contributed by atoms with Crippen LogP contribution in [-0.2, 0) is 14.4 Å². The van der Waals surface area contributed by atoms with Crippen molar-refractivity contribution in [2.24, 2.45) is 11.8 Å². The first-order chi connectivity index (χ1) is 9.58. The Hall–Kier alpha value is -1.65. The molecule has 0 aromatic carbocycles. The third-order valence-electron chi connectivity index (χ3n) is 5.01. The van der Waals surface area contributed by atoms with Gasteiger partial charge in [-0.2, -0.15) is 0 Å². The molecule has 20 heavy (non-hydrogen) atoms. The van der Waals surface area contributed by atoms with Gasteiger partial charge in [-0.05, 0) is 25.7 Å². The number of aliphatic carboxylic acids is 1. The quantitative estimate of drug-likeness (QED) is 0.616. The van der Waals surface area contributed by atoms with Gasteiger partial charge in [-0.1, -0.05) is 31.4 Å². The molecule has 1 aliphatic heterocycles. The van der Waals surface area contributed by atoms with Gasteiger partial charge in [0, 0.05) is 0 Å². The van der Waals surface area contributed by atoms with E-state index in [0.29, 0.717) is 25.7 Å². The molecule has 1 saturated heterocycles. The summed E-state index contributed by atoms with van der Waals surface area (Å²) in [6.45, 7) is 0. The molecule has 0 aromatic rings. The maximum absolute atomic E-state index is 12.6. The number of carbonyl (C=O) groups excluding carboxylic acids is 2. The highest BCUT2D eigenvalue weighted by Crippen LogP contribution is 2.43. The molecule has 3 rings (SSSR count). The number of carboxylic acid groups (broad SMARTS) is 1. The van der Waals surface area contributed by atoms with Crippen molar-refractivity contribution >= 4 is 17.8 Å². The lowest BCUT2D eigenvalue weighted by molar-refractivity contribution is -0.166. The minimum absolute atomic E-state index is 0.270. The number of imide groups is 1. The minimum atomic E-state index is -1.29. The molecule has 1 saturated carbocycles. The van der Waals surface area contributed by atoms with Crippen LogP contribution in [0.25, 0.3) is 0 Å². The van der Waals surface area contributed by atoms with Gasteiger partial charge in [0.15, 0.2) is 0 Å². The summed E-state index contributed by atoms with van der Waals surface area (Å²) in [6.07, 6.45) is 8.24. The van der Waals surface area contributed by atoms with Gasteiger partial charge in [0.1, 0.15) is 5.54 Å². The molecule has 5 nitrogen and oxygen atoms in total. The van der Waals surface area contributed by atoms with Crippen LogP contribution in [0.4, 0.5) is 0 Å². The lowest BCUT2D eigenvalue weighted by Gasteiger charge is -2.39. The van der Waals surface area contributed by atoms with E-state index in [0.717, 1.165) is 24.2 Å². The molecule has 108 valence electrons. The van der Waals surface area contributed by atoms with Crippen molar-refractivity contribution in [3.05, 3.63) is 12.2 Å². The molecule has 0 spiro atoms. The normalized spacial score (nSPS) is 32.3. The van der Waals surface area contributed by atoms with Crippen molar-refractivity contribution in [3.63, 3.8) is 0 Å². The zero-order valence-corrected chi connectivity index (χ0v) is 11.4. The summed E-state index contributed by atoms with van der Waals surface area (Å²) in [6, 6.07) is 0. The molecule has 2 amide bonds. The summed E-state index contributed by atoms with van der Waals surface area (Å²) in [4.78, 5) is 38.1. The van der Waals surface area contributed by atoms with Gasteiger partial charge >= 0.3 is 5.97 Å². The monoisotopic (exact) mass is 277 g/mol. The number of allylic oxidation sites excluding steroid dienone is 2. The minimum Gasteiger partial charge on any atom is -0.479 e. The first-order valence-electron chi connectivity index (χ1n) is 7.34. The van der Waals surface area contributed by atoms with Crippen molar-refractivity contribution in [3.8, 4) is 0 Å². The summed E-state index contributed by atoms with van der Waals surface area (Å²) in [7, 11) is 0. The molecule has 0 unspecified atom stereocenters. The molecule has 2 aliphatic carbocycles. The zero-order valence-electron chi connectivity index (χ0n) is 11.4. The number of amides is 2. The average molecular weight is 277 g/mol. The van der Waals surface area contributed by atoms with Crippen LogP contribution in [0.3, 0.4) is 0 Å². The molecule has 0 aromatic heterocycles. The predicted octanol–water partition coefficient (Wildman–Crippen LogP) is 1.73. The fourth-order valence-electron chi connectivity index (χ4n) is 3.89. The summed E-state index contributed by atoms with van der Waals surface area (Å²) in [5.41, 5.74) is -1.29. The standard InChI is InChI=1S/C15H19NO4/c17-12-10-6-2-3-7-11(10)13(18)16(12)15(14(19)20)8-4-1-5-9-15/h2-3,10-11H,1,4-9H2,(H,19,20)/t10-,11+. The van der Waals surface area contributed by atoms with Gasteiger partial charge < -0.3 is 5.11 Å². The van der Waals surface area contributed by atoms with Crippen LogP contribution in [-0.4, -0.2) is 33.3 Å². The molecular weight excluding hydrogens is 258 g/mol. The topological polar surface area (TPSA) is 74.7 Å². The van der Waals surface area contributed by atoms with Crippen LogP contribution >= 0.6 is 0 Å². The van der Waals surface area contributed by atoms with Gasteiger partial charge in [-0.25, -0.2) is 4.79 Å². The van der Waals surface area contributed by atoms with E-state index in [1.807, 2.05) is 12.2 Å². The van der Waals surface area contributed by atoms with E-state index < -0.39 is 11.5 Å². The first kappa shape index (κ1) is 13.3. The molecule has 3 aliphatic rings. The number of rotatable bonds is 2. The summed E-state index contributed by atoms with van der Waals surface area (Å²) < 4.78 is 0. The fraction of sp³-hybridized carbons (Fsp3) is 0.667. The van der Waals surface area contributed by atoms with E-state index in [2.05, 4.69) is 0 Å². The lowest BCUT2D eigenvalue weighted by Crippen LogP contribution is -2.58. The van der Waals surface area contributed by atoms with Gasteiger partial charge in [-0.3, -0.25) is 14.5 Å². The largest absolute Gasteiger partial charge is 0.479 e. The fourth-order valence-corrected chi connectivity index (χ4v) is 3.89. The van der Waals surface area contributed by atoms with Gasteiger partial charge in [0.2, 0.25) is 11.8 Å². The van der Waals surface area contributed by atoms with E-state index in [1.165, 1.54) is 0 Å². The Bertz CT molecular complexity index is 464. The first-order valence-corrected chi connectivity index (χ1v) is 7.34. The molecule has 2 fully saturated rings. The third-order valence-corrected chi connectivity index (χ3v) is 5.01. The second kappa shape index (κ2) is 4.72. The van der Waals surface area contributed by atoms with Crippen LogP contribution in [0.5, 0.6) is 0 Å². The smallest absolute Gasteiger partial charge is 0.330 e. The Morgan fingerprint density at radius 2 is 1.55 bits per heavy atom.